The Bertz CT molecular complexity index is 436. The summed E-state index contributed by atoms with van der Waals surface area (Å²) in [6.07, 6.45) is 4.43. The van der Waals surface area contributed by atoms with E-state index in [4.69, 9.17) is 4.74 Å². The molecule has 4 heteroatoms. The van der Waals surface area contributed by atoms with Crippen molar-refractivity contribution >= 4 is 17.2 Å². The lowest BCUT2D eigenvalue weighted by Crippen LogP contribution is -2.49. The van der Waals surface area contributed by atoms with Gasteiger partial charge in [-0.05, 0) is 37.1 Å². The molecule has 3 atom stereocenters. The number of piperidine rings is 1. The topological polar surface area (TPSA) is 32.8 Å². The smallest absolute Gasteiger partial charge is 0.255 e. The average molecular weight is 249 g/mol. The summed E-state index contributed by atoms with van der Waals surface area (Å²) in [4.78, 5) is 14.6. The first-order valence-corrected chi connectivity index (χ1v) is 7.21. The number of rotatable bonds is 1. The number of nitrogens with zero attached hydrogens (tertiary/aromatic N) is 1. The zero-order valence-corrected chi connectivity index (χ0v) is 10.4. The zero-order chi connectivity index (χ0) is 11.5. The van der Waals surface area contributed by atoms with E-state index in [2.05, 4.69) is 4.90 Å². The molecule has 0 aliphatic carbocycles. The summed E-state index contributed by atoms with van der Waals surface area (Å²) in [6, 6.07) is 2.78. The molecule has 1 amide bonds. The van der Waals surface area contributed by atoms with Crippen molar-refractivity contribution in [1.82, 2.24) is 4.90 Å². The van der Waals surface area contributed by atoms with Gasteiger partial charge in [0.1, 0.15) is 0 Å². The fourth-order valence-corrected chi connectivity index (χ4v) is 4.14. The van der Waals surface area contributed by atoms with Crippen LogP contribution in [-0.4, -0.2) is 35.1 Å². The van der Waals surface area contributed by atoms with Crippen LogP contribution in [0.4, 0.5) is 0 Å². The lowest BCUT2D eigenvalue weighted by atomic mass is 9.91. The van der Waals surface area contributed by atoms with Crippen LogP contribution >= 0.6 is 11.3 Å². The molecule has 1 aromatic heterocycles. The summed E-state index contributed by atoms with van der Waals surface area (Å²) in [6.45, 7) is 0.917. The van der Waals surface area contributed by atoms with Gasteiger partial charge in [0.15, 0.2) is 0 Å². The Morgan fingerprint density at radius 2 is 2.12 bits per heavy atom. The Labute approximate surface area is 104 Å². The van der Waals surface area contributed by atoms with E-state index in [9.17, 15) is 4.79 Å². The van der Waals surface area contributed by atoms with Crippen LogP contribution in [0.2, 0.25) is 0 Å². The minimum absolute atomic E-state index is 0.164. The standard InChI is InChI=1S/C13H15NO2S/c15-12(9-3-4-17-7-9)14-10-1-2-11(14)6-13(5-10)8-16-13/h3-4,7,10-11H,1-2,5-6,8H2/t10-,11+,13?. The van der Waals surface area contributed by atoms with Crippen molar-refractivity contribution in [2.45, 2.75) is 43.4 Å². The van der Waals surface area contributed by atoms with Gasteiger partial charge in [-0.3, -0.25) is 4.79 Å². The van der Waals surface area contributed by atoms with E-state index in [1.807, 2.05) is 16.8 Å². The fraction of sp³-hybridized carbons (Fsp3) is 0.615. The molecule has 3 fully saturated rings. The minimum Gasteiger partial charge on any atom is -0.369 e. The Hall–Kier alpha value is -0.870. The molecule has 3 aliphatic heterocycles. The Morgan fingerprint density at radius 1 is 1.41 bits per heavy atom. The minimum atomic E-state index is 0.164. The molecule has 0 N–H and O–H groups in total. The number of epoxide rings is 1. The normalized spacial score (nSPS) is 38.7. The molecule has 1 aromatic rings. The third-order valence-electron chi connectivity index (χ3n) is 4.39. The van der Waals surface area contributed by atoms with Crippen molar-refractivity contribution in [1.29, 1.82) is 0 Å². The molecular formula is C13H15NO2S. The van der Waals surface area contributed by atoms with E-state index < -0.39 is 0 Å². The van der Waals surface area contributed by atoms with Gasteiger partial charge >= 0.3 is 0 Å². The monoisotopic (exact) mass is 249 g/mol. The molecule has 17 heavy (non-hydrogen) atoms. The highest BCUT2D eigenvalue weighted by atomic mass is 32.1. The van der Waals surface area contributed by atoms with Gasteiger partial charge in [-0.15, -0.1) is 0 Å². The van der Waals surface area contributed by atoms with Crippen LogP contribution in [0.5, 0.6) is 0 Å². The molecular weight excluding hydrogens is 234 g/mol. The molecule has 3 aliphatic rings. The van der Waals surface area contributed by atoms with Gasteiger partial charge in [-0.1, -0.05) is 0 Å². The molecule has 0 saturated carbocycles. The van der Waals surface area contributed by atoms with Gasteiger partial charge in [0.25, 0.3) is 5.91 Å². The van der Waals surface area contributed by atoms with Crippen LogP contribution in [-0.2, 0) is 4.74 Å². The predicted molar refractivity (Wildman–Crippen MR) is 65.2 cm³/mol. The van der Waals surface area contributed by atoms with Gasteiger partial charge in [0.2, 0.25) is 0 Å². The maximum absolute atomic E-state index is 12.4. The van der Waals surface area contributed by atoms with Crippen molar-refractivity contribution in [3.05, 3.63) is 22.4 Å². The second-order valence-corrected chi connectivity index (χ2v) is 6.27. The van der Waals surface area contributed by atoms with Gasteiger partial charge < -0.3 is 9.64 Å². The maximum Gasteiger partial charge on any atom is 0.255 e. The summed E-state index contributed by atoms with van der Waals surface area (Å²) >= 11 is 1.59. The fourth-order valence-electron chi connectivity index (χ4n) is 3.51. The highest BCUT2D eigenvalue weighted by Crippen LogP contribution is 2.49. The first-order chi connectivity index (χ1) is 8.27. The van der Waals surface area contributed by atoms with E-state index in [1.54, 1.807) is 11.3 Å². The second kappa shape index (κ2) is 3.33. The quantitative estimate of drug-likeness (QED) is 0.715. The van der Waals surface area contributed by atoms with Crippen molar-refractivity contribution < 1.29 is 9.53 Å². The summed E-state index contributed by atoms with van der Waals surface area (Å²) in [7, 11) is 0. The van der Waals surface area contributed by atoms with Crippen molar-refractivity contribution in [2.75, 3.05) is 6.61 Å². The highest BCUT2D eigenvalue weighted by Gasteiger charge is 2.56. The van der Waals surface area contributed by atoms with E-state index in [-0.39, 0.29) is 11.5 Å². The highest BCUT2D eigenvalue weighted by molar-refractivity contribution is 7.08. The van der Waals surface area contributed by atoms with E-state index in [0.717, 1.165) is 37.9 Å². The average Bonchev–Trinajstić information content (AvgIpc) is 2.80. The molecule has 3 saturated heterocycles. The molecule has 1 spiro atoms. The lowest BCUT2D eigenvalue weighted by molar-refractivity contribution is 0.0472. The van der Waals surface area contributed by atoms with Crippen LogP contribution < -0.4 is 0 Å². The molecule has 3 nitrogen and oxygen atoms in total. The molecule has 4 rings (SSSR count). The largest absolute Gasteiger partial charge is 0.369 e. The van der Waals surface area contributed by atoms with Crippen LogP contribution in [0.1, 0.15) is 36.0 Å². The molecule has 4 heterocycles. The van der Waals surface area contributed by atoms with Crippen molar-refractivity contribution in [3.8, 4) is 0 Å². The third kappa shape index (κ3) is 1.47. The second-order valence-electron chi connectivity index (χ2n) is 5.49. The van der Waals surface area contributed by atoms with Gasteiger partial charge in [0, 0.05) is 17.5 Å². The van der Waals surface area contributed by atoms with E-state index >= 15 is 0 Å². The zero-order valence-electron chi connectivity index (χ0n) is 9.59. The number of amides is 1. The van der Waals surface area contributed by atoms with Gasteiger partial charge in [-0.25, -0.2) is 0 Å². The molecule has 0 radical (unpaired) electrons. The maximum atomic E-state index is 12.4. The Morgan fingerprint density at radius 3 is 2.65 bits per heavy atom. The van der Waals surface area contributed by atoms with Gasteiger partial charge in [0.05, 0.1) is 17.8 Å². The van der Waals surface area contributed by atoms with Crippen LogP contribution in [0.15, 0.2) is 16.8 Å². The summed E-state index contributed by atoms with van der Waals surface area (Å²) in [5.74, 6) is 0.231. The first kappa shape index (κ1) is 10.1. The third-order valence-corrected chi connectivity index (χ3v) is 5.07. The molecule has 2 bridgehead atoms. The molecule has 90 valence electrons. The number of carbonyl (C=O) groups excluding carboxylic acids is 1. The van der Waals surface area contributed by atoms with E-state index in [1.165, 1.54) is 0 Å². The van der Waals surface area contributed by atoms with E-state index in [0.29, 0.717) is 12.1 Å². The number of carbonyl (C=O) groups is 1. The Balaban J connectivity index is 1.61. The van der Waals surface area contributed by atoms with Crippen LogP contribution in [0, 0.1) is 0 Å². The molecule has 1 unspecified atom stereocenters. The predicted octanol–water partition coefficient (Wildman–Crippen LogP) is 2.28. The van der Waals surface area contributed by atoms with Crippen molar-refractivity contribution in [3.63, 3.8) is 0 Å². The Kier molecular flexibility index (Phi) is 1.97. The van der Waals surface area contributed by atoms with Crippen LogP contribution in [0.25, 0.3) is 0 Å². The number of hydrogen-bond acceptors (Lipinski definition) is 3. The van der Waals surface area contributed by atoms with Crippen molar-refractivity contribution in [2.24, 2.45) is 0 Å². The first-order valence-electron chi connectivity index (χ1n) is 6.26. The SMILES string of the molecule is O=C(c1ccsc1)N1[C@@H]2CC[C@H]1CC1(CO1)C2. The lowest BCUT2D eigenvalue weighted by Gasteiger charge is -2.37. The number of ether oxygens (including phenoxy) is 1. The van der Waals surface area contributed by atoms with Gasteiger partial charge in [-0.2, -0.15) is 11.3 Å². The number of hydrogen-bond donors (Lipinski definition) is 0. The number of fused-ring (bicyclic) bond motifs is 2. The summed E-state index contributed by atoms with van der Waals surface area (Å²) in [5.41, 5.74) is 1.02. The van der Waals surface area contributed by atoms with Crippen LogP contribution in [0.3, 0.4) is 0 Å². The summed E-state index contributed by atoms with van der Waals surface area (Å²) in [5, 5.41) is 3.93. The molecule has 0 aromatic carbocycles. The summed E-state index contributed by atoms with van der Waals surface area (Å²) < 4.78 is 5.60. The number of thiophene rings is 1.